The van der Waals surface area contributed by atoms with Crippen LogP contribution in [0.15, 0.2) is 54.1 Å². The largest absolute Gasteiger partial charge is 0.507 e. The van der Waals surface area contributed by atoms with E-state index in [4.69, 9.17) is 9.84 Å². The van der Waals surface area contributed by atoms with Crippen molar-refractivity contribution >= 4 is 23.4 Å². The lowest BCUT2D eigenvalue weighted by atomic mass is 9.95. The summed E-state index contributed by atoms with van der Waals surface area (Å²) in [5.74, 6) is -2.45. The first kappa shape index (κ1) is 20.1. The molecule has 0 aromatic heterocycles. The summed E-state index contributed by atoms with van der Waals surface area (Å²) in [6, 6.07) is 12.8. The molecule has 1 heterocycles. The Morgan fingerprint density at radius 3 is 2.21 bits per heavy atom. The lowest BCUT2D eigenvalue weighted by Gasteiger charge is -2.25. The number of benzene rings is 2. The van der Waals surface area contributed by atoms with E-state index in [9.17, 15) is 19.5 Å². The van der Waals surface area contributed by atoms with Crippen LogP contribution in [0.1, 0.15) is 29.2 Å². The van der Waals surface area contributed by atoms with E-state index in [-0.39, 0.29) is 24.3 Å². The van der Waals surface area contributed by atoms with Crippen molar-refractivity contribution in [3.8, 4) is 5.75 Å². The van der Waals surface area contributed by atoms with E-state index in [1.54, 1.807) is 48.5 Å². The molecule has 2 aromatic rings. The monoisotopic (exact) mass is 395 g/mol. The van der Waals surface area contributed by atoms with E-state index in [2.05, 4.69) is 0 Å². The topological polar surface area (TPSA) is 104 Å². The molecule has 0 radical (unpaired) electrons. The highest BCUT2D eigenvalue weighted by molar-refractivity contribution is 6.46. The van der Waals surface area contributed by atoms with Crippen molar-refractivity contribution in [1.29, 1.82) is 0 Å². The molecule has 1 aliphatic rings. The second kappa shape index (κ2) is 8.18. The number of methoxy groups -OCH3 is 1. The summed E-state index contributed by atoms with van der Waals surface area (Å²) in [7, 11) is 1.52. The Hall–Kier alpha value is -3.61. The highest BCUT2D eigenvalue weighted by atomic mass is 16.5. The van der Waals surface area contributed by atoms with Gasteiger partial charge in [0.1, 0.15) is 11.5 Å². The van der Waals surface area contributed by atoms with Gasteiger partial charge in [0.25, 0.3) is 11.7 Å². The molecule has 1 unspecified atom stereocenters. The van der Waals surface area contributed by atoms with Gasteiger partial charge in [-0.05, 0) is 24.6 Å². The number of hydrogen-bond acceptors (Lipinski definition) is 5. The average molecular weight is 395 g/mol. The molecule has 1 fully saturated rings. The third-order valence-corrected chi connectivity index (χ3v) is 4.86. The predicted octanol–water partition coefficient (Wildman–Crippen LogP) is 2.90. The fraction of sp³-hybridized carbons (Fsp3) is 0.227. The number of Topliss-reactive ketones (excluding diaryl/α,β-unsaturated/α-hetero) is 1. The molecular weight excluding hydrogens is 374 g/mol. The highest BCUT2D eigenvalue weighted by Gasteiger charge is 2.46. The molecule has 1 amide bonds. The molecule has 2 aromatic carbocycles. The standard InChI is InChI=1S/C22H21NO6/c1-13-3-5-15(6-4-13)20(26)18-19(14-7-9-16(29-2)10-8-14)23(12-11-17(24)25)22(28)21(18)27/h3-10,19,26H,11-12H2,1-2H3,(H,24,25). The van der Waals surface area contributed by atoms with Crippen LogP contribution in [0.4, 0.5) is 0 Å². The van der Waals surface area contributed by atoms with Crippen molar-refractivity contribution < 1.29 is 29.3 Å². The highest BCUT2D eigenvalue weighted by Crippen LogP contribution is 2.39. The SMILES string of the molecule is COc1ccc(C2C(=C(O)c3ccc(C)cc3)C(=O)C(=O)N2CCC(=O)O)cc1. The second-order valence-corrected chi connectivity index (χ2v) is 6.78. The number of ketones is 1. The first-order valence-electron chi connectivity index (χ1n) is 9.04. The summed E-state index contributed by atoms with van der Waals surface area (Å²) < 4.78 is 5.15. The van der Waals surface area contributed by atoms with Gasteiger partial charge in [-0.1, -0.05) is 42.0 Å². The van der Waals surface area contributed by atoms with E-state index < -0.39 is 23.7 Å². The first-order valence-corrected chi connectivity index (χ1v) is 9.04. The van der Waals surface area contributed by atoms with Gasteiger partial charge in [-0.25, -0.2) is 0 Å². The Kier molecular flexibility index (Phi) is 5.68. The maximum Gasteiger partial charge on any atom is 0.305 e. The number of ether oxygens (including phenoxy) is 1. The van der Waals surface area contributed by atoms with Crippen LogP contribution in [0.2, 0.25) is 0 Å². The lowest BCUT2D eigenvalue weighted by Crippen LogP contribution is -2.31. The van der Waals surface area contributed by atoms with Gasteiger partial charge in [-0.15, -0.1) is 0 Å². The Labute approximate surface area is 167 Å². The number of rotatable bonds is 6. The van der Waals surface area contributed by atoms with Crippen LogP contribution in [0.3, 0.4) is 0 Å². The Morgan fingerprint density at radius 2 is 1.66 bits per heavy atom. The third-order valence-electron chi connectivity index (χ3n) is 4.86. The number of carboxylic acid groups (broad SMARTS) is 1. The van der Waals surface area contributed by atoms with Gasteiger partial charge in [0, 0.05) is 12.1 Å². The van der Waals surface area contributed by atoms with Crippen molar-refractivity contribution in [2.24, 2.45) is 0 Å². The van der Waals surface area contributed by atoms with Crippen LogP contribution >= 0.6 is 0 Å². The second-order valence-electron chi connectivity index (χ2n) is 6.78. The summed E-state index contributed by atoms with van der Waals surface area (Å²) in [5.41, 5.74) is 1.90. The van der Waals surface area contributed by atoms with Gasteiger partial charge in [-0.2, -0.15) is 0 Å². The molecule has 3 rings (SSSR count). The van der Waals surface area contributed by atoms with E-state index in [1.807, 2.05) is 6.92 Å². The number of aryl methyl sites for hydroxylation is 1. The Bertz CT molecular complexity index is 975. The summed E-state index contributed by atoms with van der Waals surface area (Å²) in [4.78, 5) is 37.6. The lowest BCUT2D eigenvalue weighted by molar-refractivity contribution is -0.142. The number of amides is 1. The number of hydrogen-bond donors (Lipinski definition) is 2. The van der Waals surface area contributed by atoms with Crippen molar-refractivity contribution in [2.45, 2.75) is 19.4 Å². The Morgan fingerprint density at radius 1 is 1.03 bits per heavy atom. The van der Waals surface area contributed by atoms with Crippen LogP contribution < -0.4 is 4.74 Å². The molecular formula is C22H21NO6. The van der Waals surface area contributed by atoms with E-state index in [1.165, 1.54) is 12.0 Å². The van der Waals surface area contributed by atoms with Gasteiger partial charge in [-0.3, -0.25) is 14.4 Å². The van der Waals surface area contributed by atoms with E-state index >= 15 is 0 Å². The molecule has 150 valence electrons. The third kappa shape index (κ3) is 3.99. The number of aliphatic hydroxyl groups is 1. The van der Waals surface area contributed by atoms with Gasteiger partial charge >= 0.3 is 5.97 Å². The number of carboxylic acids is 1. The van der Waals surface area contributed by atoms with Crippen LogP contribution in [0.25, 0.3) is 5.76 Å². The zero-order chi connectivity index (χ0) is 21.1. The molecule has 1 saturated heterocycles. The minimum Gasteiger partial charge on any atom is -0.507 e. The minimum atomic E-state index is -1.08. The van der Waals surface area contributed by atoms with Crippen LogP contribution in [-0.2, 0) is 14.4 Å². The zero-order valence-electron chi connectivity index (χ0n) is 16.1. The van der Waals surface area contributed by atoms with Gasteiger partial charge in [0.15, 0.2) is 0 Å². The number of likely N-dealkylation sites (tertiary alicyclic amines) is 1. The number of nitrogens with zero attached hydrogens (tertiary/aromatic N) is 1. The molecule has 0 saturated carbocycles. The molecule has 7 heteroatoms. The molecule has 0 aliphatic carbocycles. The predicted molar refractivity (Wildman–Crippen MR) is 105 cm³/mol. The van der Waals surface area contributed by atoms with Crippen molar-refractivity contribution in [3.63, 3.8) is 0 Å². The van der Waals surface area contributed by atoms with Crippen LogP contribution in [0.5, 0.6) is 5.75 Å². The summed E-state index contributed by atoms with van der Waals surface area (Å²) in [6.07, 6.45) is -0.315. The van der Waals surface area contributed by atoms with Gasteiger partial charge in [0.05, 0.1) is 25.1 Å². The molecule has 0 spiro atoms. The number of aliphatic hydroxyl groups excluding tert-OH is 1. The smallest absolute Gasteiger partial charge is 0.305 e. The quantitative estimate of drug-likeness (QED) is 0.443. The van der Waals surface area contributed by atoms with Gasteiger partial charge < -0.3 is 19.8 Å². The maximum atomic E-state index is 12.8. The maximum absolute atomic E-state index is 12.8. The molecule has 1 aliphatic heterocycles. The van der Waals surface area contributed by atoms with Crippen molar-refractivity contribution in [3.05, 3.63) is 70.8 Å². The number of aliphatic carboxylic acids is 1. The molecule has 7 nitrogen and oxygen atoms in total. The number of carbonyl (C=O) groups is 3. The minimum absolute atomic E-state index is 0.0607. The van der Waals surface area contributed by atoms with Crippen molar-refractivity contribution in [1.82, 2.24) is 4.90 Å². The van der Waals surface area contributed by atoms with Gasteiger partial charge in [0.2, 0.25) is 0 Å². The van der Waals surface area contributed by atoms with Crippen molar-refractivity contribution in [2.75, 3.05) is 13.7 Å². The Balaban J connectivity index is 2.13. The number of carbonyl (C=O) groups excluding carboxylic acids is 2. The van der Waals surface area contributed by atoms with Crippen LogP contribution in [-0.4, -0.2) is 46.4 Å². The normalized spacial score (nSPS) is 18.1. The van der Waals surface area contributed by atoms with Crippen LogP contribution in [0, 0.1) is 6.92 Å². The first-order chi connectivity index (χ1) is 13.8. The summed E-state index contributed by atoms with van der Waals surface area (Å²) >= 11 is 0. The molecule has 2 N–H and O–H groups in total. The summed E-state index contributed by atoms with van der Waals surface area (Å²) in [5, 5.41) is 19.9. The average Bonchev–Trinajstić information content (AvgIpc) is 2.97. The van der Waals surface area contributed by atoms with E-state index in [0.29, 0.717) is 16.9 Å². The molecule has 1 atom stereocenters. The molecule has 29 heavy (non-hydrogen) atoms. The molecule has 0 bridgehead atoms. The fourth-order valence-corrected chi connectivity index (χ4v) is 3.33. The zero-order valence-corrected chi connectivity index (χ0v) is 16.1. The fourth-order valence-electron chi connectivity index (χ4n) is 3.33. The van der Waals surface area contributed by atoms with E-state index in [0.717, 1.165) is 5.56 Å². The summed E-state index contributed by atoms with van der Waals surface area (Å²) in [6.45, 7) is 1.74.